The molecule has 3 N–H and O–H groups in total. The minimum atomic E-state index is 0.530. The number of nitrogen functional groups attached to an aromatic ring is 1. The van der Waals surface area contributed by atoms with Gasteiger partial charge in [-0.25, -0.2) is 0 Å². The minimum Gasteiger partial charge on any atom is -0.497 e. The smallest absolute Gasteiger partial charge is 0.119 e. The van der Waals surface area contributed by atoms with Crippen LogP contribution >= 0.6 is 0 Å². The first-order valence-corrected chi connectivity index (χ1v) is 6.83. The fourth-order valence-corrected chi connectivity index (χ4v) is 1.95. The summed E-state index contributed by atoms with van der Waals surface area (Å²) in [6, 6.07) is 6.32. The Morgan fingerprint density at radius 1 is 1.33 bits per heavy atom. The Hall–Kier alpha value is -1.22. The van der Waals surface area contributed by atoms with Crippen molar-refractivity contribution in [1.29, 1.82) is 0 Å². The van der Waals surface area contributed by atoms with Gasteiger partial charge in [-0.2, -0.15) is 0 Å². The molecule has 1 rings (SSSR count). The molecule has 0 aliphatic carbocycles. The molecule has 1 aromatic carbocycles. The van der Waals surface area contributed by atoms with E-state index in [0.717, 1.165) is 23.5 Å². The fourth-order valence-electron chi connectivity index (χ4n) is 1.95. The van der Waals surface area contributed by atoms with Crippen LogP contribution in [0.25, 0.3) is 0 Å². The van der Waals surface area contributed by atoms with Crippen LogP contribution in [0.3, 0.4) is 0 Å². The van der Waals surface area contributed by atoms with E-state index < -0.39 is 0 Å². The van der Waals surface area contributed by atoms with Crippen LogP contribution in [0.1, 0.15) is 45.1 Å². The summed E-state index contributed by atoms with van der Waals surface area (Å²) >= 11 is 0. The summed E-state index contributed by atoms with van der Waals surface area (Å²) in [5.41, 5.74) is 7.89. The Morgan fingerprint density at radius 3 is 2.78 bits per heavy atom. The molecule has 0 spiro atoms. The van der Waals surface area contributed by atoms with Crippen LogP contribution in [0.4, 0.5) is 5.69 Å². The van der Waals surface area contributed by atoms with Gasteiger partial charge in [-0.1, -0.05) is 26.2 Å². The molecular weight excluding hydrogens is 224 g/mol. The maximum Gasteiger partial charge on any atom is 0.119 e. The predicted octanol–water partition coefficient (Wildman–Crippen LogP) is 3.34. The topological polar surface area (TPSA) is 47.3 Å². The Kier molecular flexibility index (Phi) is 6.58. The van der Waals surface area contributed by atoms with Gasteiger partial charge in [0.2, 0.25) is 0 Å². The number of methoxy groups -OCH3 is 1. The number of nitrogens with one attached hydrogen (secondary N) is 1. The summed E-state index contributed by atoms with van der Waals surface area (Å²) in [5, 5.41) is 3.51. The summed E-state index contributed by atoms with van der Waals surface area (Å²) in [6.45, 7) is 5.26. The van der Waals surface area contributed by atoms with Crippen LogP contribution in [0.5, 0.6) is 5.75 Å². The van der Waals surface area contributed by atoms with Crippen LogP contribution < -0.4 is 15.8 Å². The quantitative estimate of drug-likeness (QED) is 0.549. The lowest BCUT2D eigenvalue weighted by molar-refractivity contribution is 0.413. The largest absolute Gasteiger partial charge is 0.497 e. The molecule has 3 nitrogen and oxygen atoms in total. The first-order chi connectivity index (χ1) is 8.67. The molecule has 0 radical (unpaired) electrons. The maximum absolute atomic E-state index is 5.96. The highest BCUT2D eigenvalue weighted by atomic mass is 16.5. The molecule has 102 valence electrons. The lowest BCUT2D eigenvalue weighted by Crippen LogP contribution is -2.25. The molecule has 0 heterocycles. The van der Waals surface area contributed by atoms with E-state index in [4.69, 9.17) is 10.5 Å². The van der Waals surface area contributed by atoms with Gasteiger partial charge in [-0.3, -0.25) is 0 Å². The van der Waals surface area contributed by atoms with E-state index in [2.05, 4.69) is 19.2 Å². The number of anilines is 1. The summed E-state index contributed by atoms with van der Waals surface area (Å²) in [4.78, 5) is 0. The molecule has 0 fully saturated rings. The summed E-state index contributed by atoms with van der Waals surface area (Å²) in [6.07, 6.45) is 5.10. The first kappa shape index (κ1) is 14.8. The number of nitrogens with two attached hydrogens (primary N) is 1. The Morgan fingerprint density at radius 2 is 2.11 bits per heavy atom. The Balaban J connectivity index is 2.42. The molecule has 18 heavy (non-hydrogen) atoms. The van der Waals surface area contributed by atoms with E-state index in [1.54, 1.807) is 7.11 Å². The van der Waals surface area contributed by atoms with Gasteiger partial charge >= 0.3 is 0 Å². The molecule has 0 aliphatic heterocycles. The molecule has 0 saturated carbocycles. The van der Waals surface area contributed by atoms with E-state index in [1.165, 1.54) is 25.7 Å². The lowest BCUT2D eigenvalue weighted by atomic mass is 10.1. The predicted molar refractivity (Wildman–Crippen MR) is 77.9 cm³/mol. The number of hydrogen-bond acceptors (Lipinski definition) is 3. The molecule has 0 bridgehead atoms. The first-order valence-electron chi connectivity index (χ1n) is 6.83. The number of ether oxygens (including phenoxy) is 1. The summed E-state index contributed by atoms with van der Waals surface area (Å²) < 4.78 is 5.21. The van der Waals surface area contributed by atoms with Crippen molar-refractivity contribution in [3.63, 3.8) is 0 Å². The molecular formula is C15H26N2O. The molecule has 1 aromatic rings. The SMILES string of the molecule is CCCCCC(C)NCc1cc(OC)ccc1N. The van der Waals surface area contributed by atoms with Gasteiger partial charge in [0.1, 0.15) is 5.75 Å². The van der Waals surface area contributed by atoms with Crippen molar-refractivity contribution in [2.24, 2.45) is 0 Å². The number of unbranched alkanes of at least 4 members (excludes halogenated alkanes) is 2. The molecule has 1 atom stereocenters. The third-order valence-corrected chi connectivity index (χ3v) is 3.23. The summed E-state index contributed by atoms with van der Waals surface area (Å²) in [5.74, 6) is 0.861. The zero-order chi connectivity index (χ0) is 13.4. The van der Waals surface area contributed by atoms with Crippen LogP contribution in [-0.4, -0.2) is 13.2 Å². The molecule has 3 heteroatoms. The summed E-state index contributed by atoms with van der Waals surface area (Å²) in [7, 11) is 1.68. The third kappa shape index (κ3) is 4.96. The zero-order valence-electron chi connectivity index (χ0n) is 11.8. The van der Waals surface area contributed by atoms with E-state index in [1.807, 2.05) is 18.2 Å². The fraction of sp³-hybridized carbons (Fsp3) is 0.600. The van der Waals surface area contributed by atoms with E-state index in [9.17, 15) is 0 Å². The van der Waals surface area contributed by atoms with Gasteiger partial charge in [0.15, 0.2) is 0 Å². The van der Waals surface area contributed by atoms with Crippen molar-refractivity contribution in [2.45, 2.75) is 52.1 Å². The molecule has 1 unspecified atom stereocenters. The lowest BCUT2D eigenvalue weighted by Gasteiger charge is -2.15. The van der Waals surface area contributed by atoms with Crippen molar-refractivity contribution < 1.29 is 4.74 Å². The van der Waals surface area contributed by atoms with Crippen molar-refractivity contribution in [1.82, 2.24) is 5.32 Å². The van der Waals surface area contributed by atoms with Crippen LogP contribution in [-0.2, 0) is 6.54 Å². The van der Waals surface area contributed by atoms with Crippen LogP contribution in [0.15, 0.2) is 18.2 Å². The van der Waals surface area contributed by atoms with Crippen molar-refractivity contribution >= 4 is 5.69 Å². The normalized spacial score (nSPS) is 12.4. The highest BCUT2D eigenvalue weighted by Crippen LogP contribution is 2.19. The second-order valence-corrected chi connectivity index (χ2v) is 4.84. The Bertz CT molecular complexity index is 352. The van der Waals surface area contributed by atoms with Gasteiger partial charge in [0.25, 0.3) is 0 Å². The van der Waals surface area contributed by atoms with Crippen LogP contribution in [0, 0.1) is 0 Å². The van der Waals surface area contributed by atoms with Gasteiger partial charge in [-0.15, -0.1) is 0 Å². The van der Waals surface area contributed by atoms with Gasteiger partial charge in [-0.05, 0) is 37.1 Å². The minimum absolute atomic E-state index is 0.530. The molecule has 0 saturated heterocycles. The van der Waals surface area contributed by atoms with E-state index in [-0.39, 0.29) is 0 Å². The van der Waals surface area contributed by atoms with Crippen molar-refractivity contribution in [3.05, 3.63) is 23.8 Å². The van der Waals surface area contributed by atoms with Crippen molar-refractivity contribution in [3.8, 4) is 5.75 Å². The Labute approximate surface area is 111 Å². The molecule has 0 aliphatic rings. The maximum atomic E-state index is 5.96. The van der Waals surface area contributed by atoms with E-state index in [0.29, 0.717) is 6.04 Å². The zero-order valence-corrected chi connectivity index (χ0v) is 11.8. The molecule has 0 amide bonds. The van der Waals surface area contributed by atoms with Gasteiger partial charge < -0.3 is 15.8 Å². The second-order valence-electron chi connectivity index (χ2n) is 4.84. The standard InChI is InChI=1S/C15H26N2O/c1-4-5-6-7-12(2)17-11-13-10-14(18-3)8-9-15(13)16/h8-10,12,17H,4-7,11,16H2,1-3H3. The second kappa shape index (κ2) is 7.98. The average Bonchev–Trinajstić information content (AvgIpc) is 2.38. The monoisotopic (exact) mass is 250 g/mol. The van der Waals surface area contributed by atoms with Crippen molar-refractivity contribution in [2.75, 3.05) is 12.8 Å². The molecule has 0 aromatic heterocycles. The number of rotatable bonds is 8. The van der Waals surface area contributed by atoms with Gasteiger partial charge in [0.05, 0.1) is 7.11 Å². The van der Waals surface area contributed by atoms with Gasteiger partial charge in [0, 0.05) is 18.3 Å². The highest BCUT2D eigenvalue weighted by Gasteiger charge is 2.05. The third-order valence-electron chi connectivity index (χ3n) is 3.23. The number of hydrogen-bond donors (Lipinski definition) is 2. The number of benzene rings is 1. The van der Waals surface area contributed by atoms with Crippen LogP contribution in [0.2, 0.25) is 0 Å². The van der Waals surface area contributed by atoms with E-state index >= 15 is 0 Å². The highest BCUT2D eigenvalue weighted by molar-refractivity contribution is 5.50. The average molecular weight is 250 g/mol.